The second kappa shape index (κ2) is 6.36. The zero-order valence-electron chi connectivity index (χ0n) is 10.3. The molecule has 0 saturated heterocycles. The topological polar surface area (TPSA) is 68.9 Å². The minimum Gasteiger partial charge on any atom is -0.258 e. The van der Waals surface area contributed by atoms with Gasteiger partial charge in [-0.3, -0.25) is 10.1 Å². The summed E-state index contributed by atoms with van der Waals surface area (Å²) in [6.45, 7) is 2.00. The monoisotopic (exact) mass is 313 g/mol. The van der Waals surface area contributed by atoms with Crippen LogP contribution >= 0.6 is 34.9 Å². The number of nitro benzene ring substituents is 1. The number of rotatable bonds is 5. The molecule has 2 rings (SSSR count). The number of thioether (sulfide) groups is 2. The lowest BCUT2D eigenvalue weighted by atomic mass is 10.1. The minimum absolute atomic E-state index is 0.0996. The lowest BCUT2D eigenvalue weighted by Gasteiger charge is -2.08. The third-order valence-electron chi connectivity index (χ3n) is 2.39. The van der Waals surface area contributed by atoms with E-state index in [4.69, 9.17) is 0 Å². The molecule has 1 aromatic heterocycles. The van der Waals surface area contributed by atoms with Gasteiger partial charge in [-0.1, -0.05) is 47.0 Å². The maximum absolute atomic E-state index is 10.8. The van der Waals surface area contributed by atoms with Crippen molar-refractivity contribution in [1.29, 1.82) is 0 Å². The van der Waals surface area contributed by atoms with E-state index in [0.717, 1.165) is 14.2 Å². The maximum atomic E-state index is 10.8. The highest BCUT2D eigenvalue weighted by atomic mass is 32.2. The summed E-state index contributed by atoms with van der Waals surface area (Å²) in [4.78, 5) is 10.4. The van der Waals surface area contributed by atoms with E-state index < -0.39 is 0 Å². The summed E-state index contributed by atoms with van der Waals surface area (Å²) in [6.07, 6.45) is 1.96. The van der Waals surface area contributed by atoms with Gasteiger partial charge in [0.2, 0.25) is 0 Å². The van der Waals surface area contributed by atoms with Crippen LogP contribution in [0.3, 0.4) is 0 Å². The molecule has 0 unspecified atom stereocenters. The van der Waals surface area contributed by atoms with Crippen molar-refractivity contribution < 1.29 is 4.92 Å². The molecule has 5 nitrogen and oxygen atoms in total. The van der Waals surface area contributed by atoms with Gasteiger partial charge in [-0.15, -0.1) is 10.2 Å². The average molecular weight is 313 g/mol. The Hall–Kier alpha value is -1.12. The molecule has 0 spiro atoms. The summed E-state index contributed by atoms with van der Waals surface area (Å²) >= 11 is 4.66. The van der Waals surface area contributed by atoms with Crippen molar-refractivity contribution in [2.24, 2.45) is 0 Å². The number of benzene rings is 1. The molecular weight excluding hydrogens is 302 g/mol. The normalized spacial score (nSPS) is 12.3. The second-order valence-corrected chi connectivity index (χ2v) is 7.27. The van der Waals surface area contributed by atoms with Gasteiger partial charge in [-0.05, 0) is 18.7 Å². The first kappa shape index (κ1) is 14.3. The van der Waals surface area contributed by atoms with Crippen molar-refractivity contribution in [3.63, 3.8) is 0 Å². The number of hydrogen-bond donors (Lipinski definition) is 0. The molecule has 2 aromatic rings. The van der Waals surface area contributed by atoms with Crippen molar-refractivity contribution in [1.82, 2.24) is 10.2 Å². The molecule has 1 atom stereocenters. The van der Waals surface area contributed by atoms with Crippen LogP contribution < -0.4 is 0 Å². The van der Waals surface area contributed by atoms with Gasteiger partial charge < -0.3 is 0 Å². The molecule has 0 amide bonds. The van der Waals surface area contributed by atoms with Gasteiger partial charge in [-0.25, -0.2) is 0 Å². The number of nitrogens with zero attached hydrogens (tertiary/aromatic N) is 3. The van der Waals surface area contributed by atoms with Gasteiger partial charge in [-0.2, -0.15) is 0 Å². The average Bonchev–Trinajstić information content (AvgIpc) is 2.86. The summed E-state index contributed by atoms with van der Waals surface area (Å²) in [5.74, 6) is 0. The predicted octanol–water partition coefficient (Wildman–Crippen LogP) is 4.02. The van der Waals surface area contributed by atoms with Crippen LogP contribution in [0, 0.1) is 10.1 Å². The zero-order chi connectivity index (χ0) is 13.8. The van der Waals surface area contributed by atoms with Crippen LogP contribution in [0.1, 0.15) is 17.7 Å². The first-order valence-electron chi connectivity index (χ1n) is 5.38. The maximum Gasteiger partial charge on any atom is 0.269 e. The van der Waals surface area contributed by atoms with E-state index in [0.29, 0.717) is 0 Å². The Labute approximate surface area is 123 Å². The van der Waals surface area contributed by atoms with Crippen LogP contribution in [0.5, 0.6) is 0 Å². The molecule has 0 aliphatic heterocycles. The molecule has 1 heterocycles. The van der Waals surface area contributed by atoms with E-state index in [-0.39, 0.29) is 15.9 Å². The minimum atomic E-state index is -0.377. The van der Waals surface area contributed by atoms with Crippen LogP contribution in [0.25, 0.3) is 0 Å². The molecule has 0 fully saturated rings. The highest BCUT2D eigenvalue weighted by Crippen LogP contribution is 2.38. The van der Waals surface area contributed by atoms with E-state index in [1.807, 2.05) is 19.2 Å². The smallest absolute Gasteiger partial charge is 0.258 e. The SMILES string of the molecule is CSc1nnc(S[C@@H](C)c2cccc([N+](=O)[O-])c2)s1. The summed E-state index contributed by atoms with van der Waals surface area (Å²) in [7, 11) is 0. The van der Waals surface area contributed by atoms with E-state index in [1.165, 1.54) is 17.4 Å². The molecule has 100 valence electrons. The molecule has 0 N–H and O–H groups in total. The van der Waals surface area contributed by atoms with Crippen molar-refractivity contribution in [2.75, 3.05) is 6.26 Å². The lowest BCUT2D eigenvalue weighted by molar-refractivity contribution is -0.384. The van der Waals surface area contributed by atoms with E-state index in [9.17, 15) is 10.1 Å². The van der Waals surface area contributed by atoms with Gasteiger partial charge in [0.05, 0.1) is 4.92 Å². The van der Waals surface area contributed by atoms with Crippen LogP contribution in [0.2, 0.25) is 0 Å². The number of nitro groups is 1. The second-order valence-electron chi connectivity index (χ2n) is 3.65. The third kappa shape index (κ3) is 3.68. The van der Waals surface area contributed by atoms with Gasteiger partial charge in [0.15, 0.2) is 8.68 Å². The van der Waals surface area contributed by atoms with E-state index in [2.05, 4.69) is 10.2 Å². The fraction of sp³-hybridized carbons (Fsp3) is 0.273. The predicted molar refractivity (Wildman–Crippen MR) is 79.1 cm³/mol. The molecule has 0 bridgehead atoms. The molecule has 0 radical (unpaired) electrons. The molecule has 1 aromatic carbocycles. The Balaban J connectivity index is 2.12. The lowest BCUT2D eigenvalue weighted by Crippen LogP contribution is -1.92. The van der Waals surface area contributed by atoms with Crippen LogP contribution in [-0.4, -0.2) is 21.4 Å². The Morgan fingerprint density at radius 1 is 1.37 bits per heavy atom. The van der Waals surface area contributed by atoms with Crippen LogP contribution in [-0.2, 0) is 0 Å². The van der Waals surface area contributed by atoms with Crippen molar-refractivity contribution in [3.05, 3.63) is 39.9 Å². The van der Waals surface area contributed by atoms with Gasteiger partial charge in [0, 0.05) is 17.4 Å². The molecule has 8 heteroatoms. The Kier molecular flexibility index (Phi) is 4.78. The molecule has 19 heavy (non-hydrogen) atoms. The summed E-state index contributed by atoms with van der Waals surface area (Å²) < 4.78 is 1.80. The fourth-order valence-corrected chi connectivity index (χ4v) is 4.14. The zero-order valence-corrected chi connectivity index (χ0v) is 12.7. The van der Waals surface area contributed by atoms with Crippen molar-refractivity contribution >= 4 is 40.5 Å². The number of hydrogen-bond acceptors (Lipinski definition) is 7. The quantitative estimate of drug-likeness (QED) is 0.472. The summed E-state index contributed by atoms with van der Waals surface area (Å²) in [5.41, 5.74) is 1.03. The summed E-state index contributed by atoms with van der Waals surface area (Å²) in [6, 6.07) is 6.70. The molecular formula is C11H11N3O2S3. The molecule has 0 saturated carbocycles. The summed E-state index contributed by atoms with van der Waals surface area (Å²) in [5, 5.41) is 19.0. The fourth-order valence-electron chi connectivity index (χ4n) is 1.44. The first-order valence-corrected chi connectivity index (χ1v) is 8.30. The van der Waals surface area contributed by atoms with Crippen LogP contribution in [0.4, 0.5) is 5.69 Å². The van der Waals surface area contributed by atoms with Gasteiger partial charge >= 0.3 is 0 Å². The van der Waals surface area contributed by atoms with Gasteiger partial charge in [0.25, 0.3) is 5.69 Å². The van der Waals surface area contributed by atoms with Crippen molar-refractivity contribution in [3.8, 4) is 0 Å². The van der Waals surface area contributed by atoms with Crippen molar-refractivity contribution in [2.45, 2.75) is 20.9 Å². The Morgan fingerprint density at radius 3 is 2.74 bits per heavy atom. The Bertz CT molecular complexity index is 588. The molecule has 0 aliphatic rings. The third-order valence-corrected chi connectivity index (χ3v) is 5.53. The van der Waals surface area contributed by atoms with E-state index >= 15 is 0 Å². The largest absolute Gasteiger partial charge is 0.269 e. The van der Waals surface area contributed by atoms with Crippen LogP contribution in [0.15, 0.2) is 32.9 Å². The van der Waals surface area contributed by atoms with E-state index in [1.54, 1.807) is 35.7 Å². The highest BCUT2D eigenvalue weighted by molar-refractivity contribution is 8.03. The molecule has 0 aliphatic carbocycles. The Morgan fingerprint density at radius 2 is 2.11 bits per heavy atom. The standard InChI is InChI=1S/C11H11N3O2S3/c1-7(18-11-13-12-10(17-2)19-11)8-4-3-5-9(6-8)14(15)16/h3-7H,1-2H3/t7-/m0/s1. The van der Waals surface area contributed by atoms with Gasteiger partial charge in [0.1, 0.15) is 0 Å². The number of aromatic nitrogens is 2. The first-order chi connectivity index (χ1) is 9.10. The highest BCUT2D eigenvalue weighted by Gasteiger charge is 2.14. The number of non-ortho nitro benzene ring substituents is 1.